The summed E-state index contributed by atoms with van der Waals surface area (Å²) < 4.78 is 4.53. The Bertz CT molecular complexity index is 256. The van der Waals surface area contributed by atoms with Gasteiger partial charge in [0.15, 0.2) is 0 Å². The van der Waals surface area contributed by atoms with Crippen molar-refractivity contribution >= 4 is 12.3 Å². The summed E-state index contributed by atoms with van der Waals surface area (Å²) in [6, 6.07) is 0. The molecule has 0 spiro atoms. The molecule has 0 radical (unpaired) electrons. The van der Waals surface area contributed by atoms with Crippen LogP contribution in [-0.2, 0) is 14.3 Å². The maximum Gasteiger partial charge on any atom is 0.306 e. The van der Waals surface area contributed by atoms with Gasteiger partial charge in [0.1, 0.15) is 37.3 Å². The van der Waals surface area contributed by atoms with E-state index in [0.29, 0.717) is 6.29 Å². The molecule has 106 valence electrons. The molecule has 4 atom stereocenters. The zero-order valence-electron chi connectivity index (χ0n) is 9.68. The molecule has 8 heteroatoms. The first-order valence-electron chi connectivity index (χ1n) is 5.36. The molecule has 18 heavy (non-hydrogen) atoms. The molecule has 0 heterocycles. The largest absolute Gasteiger partial charge is 0.463 e. The van der Waals surface area contributed by atoms with E-state index in [-0.39, 0.29) is 12.8 Å². The molecule has 8 nitrogen and oxygen atoms in total. The van der Waals surface area contributed by atoms with Crippen LogP contribution in [0.1, 0.15) is 12.8 Å². The molecule has 0 aromatic heterocycles. The normalized spacial score (nSPS) is 17.6. The van der Waals surface area contributed by atoms with Gasteiger partial charge in [-0.2, -0.15) is 0 Å². The van der Waals surface area contributed by atoms with Gasteiger partial charge < -0.3 is 35.1 Å². The Hall–Kier alpha value is -1.06. The molecule has 0 aliphatic carbocycles. The number of aldehydes is 1. The summed E-state index contributed by atoms with van der Waals surface area (Å²) in [5.41, 5.74) is 0. The van der Waals surface area contributed by atoms with Gasteiger partial charge in [0.25, 0.3) is 0 Å². The molecule has 0 bridgehead atoms. The van der Waals surface area contributed by atoms with E-state index in [9.17, 15) is 24.9 Å². The van der Waals surface area contributed by atoms with Gasteiger partial charge in [0.2, 0.25) is 0 Å². The first-order chi connectivity index (χ1) is 8.43. The Morgan fingerprint density at radius 3 is 2.17 bits per heavy atom. The van der Waals surface area contributed by atoms with Gasteiger partial charge in [0, 0.05) is 6.42 Å². The second-order valence-electron chi connectivity index (χ2n) is 3.69. The van der Waals surface area contributed by atoms with Gasteiger partial charge in [-0.25, -0.2) is 0 Å². The van der Waals surface area contributed by atoms with Crippen LogP contribution >= 0.6 is 0 Å². The number of rotatable bonds is 9. The third-order valence-electron chi connectivity index (χ3n) is 2.21. The average Bonchev–Trinajstić information content (AvgIpc) is 2.39. The van der Waals surface area contributed by atoms with Crippen LogP contribution in [-0.4, -0.2) is 75.4 Å². The van der Waals surface area contributed by atoms with Crippen LogP contribution < -0.4 is 0 Å². The van der Waals surface area contributed by atoms with Crippen molar-refractivity contribution in [1.29, 1.82) is 0 Å². The second-order valence-corrected chi connectivity index (χ2v) is 3.69. The molecule has 0 fully saturated rings. The number of carbonyl (C=O) groups is 2. The maximum absolute atomic E-state index is 11.0. The van der Waals surface area contributed by atoms with Gasteiger partial charge in [-0.05, 0) is 0 Å². The molecule has 0 aliphatic heterocycles. The molecule has 0 aliphatic rings. The van der Waals surface area contributed by atoms with Crippen molar-refractivity contribution in [1.82, 2.24) is 0 Å². The van der Waals surface area contributed by atoms with Crippen molar-refractivity contribution < 1.29 is 39.9 Å². The van der Waals surface area contributed by atoms with Crippen LogP contribution in [0.15, 0.2) is 0 Å². The highest BCUT2D eigenvalue weighted by Crippen LogP contribution is 2.06. The Balaban J connectivity index is 4.04. The summed E-state index contributed by atoms with van der Waals surface area (Å²) in [6.45, 7) is -1.38. The Morgan fingerprint density at radius 2 is 1.67 bits per heavy atom. The monoisotopic (exact) mass is 266 g/mol. The smallest absolute Gasteiger partial charge is 0.306 e. The average molecular weight is 266 g/mol. The zero-order valence-corrected chi connectivity index (χ0v) is 9.68. The number of esters is 1. The third-order valence-corrected chi connectivity index (χ3v) is 2.21. The van der Waals surface area contributed by atoms with E-state index in [1.54, 1.807) is 0 Å². The number of aliphatic hydroxyl groups excluding tert-OH is 5. The topological polar surface area (TPSA) is 145 Å². The van der Waals surface area contributed by atoms with Crippen molar-refractivity contribution in [2.45, 2.75) is 37.3 Å². The summed E-state index contributed by atoms with van der Waals surface area (Å²) in [5.74, 6) is -0.731. The third kappa shape index (κ3) is 6.03. The quantitative estimate of drug-likeness (QED) is 0.218. The molecule has 0 aromatic rings. The molecule has 0 saturated carbocycles. The molecule has 0 rings (SSSR count). The van der Waals surface area contributed by atoms with E-state index >= 15 is 0 Å². The SMILES string of the molecule is O=CCCC(=O)OCC(O)C(O)C(O)C(O)CO. The lowest BCUT2D eigenvalue weighted by Crippen LogP contribution is -2.47. The van der Waals surface area contributed by atoms with Crippen LogP contribution in [0.2, 0.25) is 0 Å². The van der Waals surface area contributed by atoms with Crippen molar-refractivity contribution in [3.05, 3.63) is 0 Å². The zero-order chi connectivity index (χ0) is 14.1. The minimum absolute atomic E-state index is 0.0106. The number of aliphatic hydroxyl groups is 5. The van der Waals surface area contributed by atoms with E-state index in [1.165, 1.54) is 0 Å². The fourth-order valence-corrected chi connectivity index (χ4v) is 1.09. The highest BCUT2D eigenvalue weighted by atomic mass is 16.5. The van der Waals surface area contributed by atoms with Crippen LogP contribution in [0.25, 0.3) is 0 Å². The number of carbonyl (C=O) groups excluding carboxylic acids is 2. The van der Waals surface area contributed by atoms with Gasteiger partial charge >= 0.3 is 5.97 Å². The summed E-state index contributed by atoms with van der Waals surface area (Å²) in [4.78, 5) is 20.9. The Labute approximate surface area is 103 Å². The molecule has 5 N–H and O–H groups in total. The Kier molecular flexibility index (Phi) is 8.42. The van der Waals surface area contributed by atoms with Crippen LogP contribution in [0.4, 0.5) is 0 Å². The standard InChI is InChI=1S/C10H18O8/c11-3-1-2-8(15)18-5-7(14)10(17)9(16)6(13)4-12/h3,6-7,9-10,12-14,16-17H,1-2,4-5H2. The first-order valence-corrected chi connectivity index (χ1v) is 5.36. The van der Waals surface area contributed by atoms with Crippen molar-refractivity contribution in [2.24, 2.45) is 0 Å². The highest BCUT2D eigenvalue weighted by molar-refractivity contribution is 5.72. The lowest BCUT2D eigenvalue weighted by molar-refractivity contribution is -0.156. The van der Waals surface area contributed by atoms with Gasteiger partial charge in [-0.3, -0.25) is 4.79 Å². The molecular formula is C10H18O8. The first kappa shape index (κ1) is 16.9. The maximum atomic E-state index is 11.0. The fourth-order valence-electron chi connectivity index (χ4n) is 1.09. The minimum atomic E-state index is -1.77. The molecular weight excluding hydrogens is 248 g/mol. The van der Waals surface area contributed by atoms with E-state index < -0.39 is 43.6 Å². The molecule has 0 saturated heterocycles. The number of ether oxygens (including phenoxy) is 1. The predicted molar refractivity (Wildman–Crippen MR) is 57.4 cm³/mol. The van der Waals surface area contributed by atoms with Gasteiger partial charge in [0.05, 0.1) is 13.0 Å². The summed E-state index contributed by atoms with van der Waals surface area (Å²) in [7, 11) is 0. The summed E-state index contributed by atoms with van der Waals surface area (Å²) >= 11 is 0. The minimum Gasteiger partial charge on any atom is -0.463 e. The van der Waals surface area contributed by atoms with Crippen LogP contribution in [0.5, 0.6) is 0 Å². The molecule has 4 unspecified atom stereocenters. The summed E-state index contributed by atoms with van der Waals surface area (Å²) in [5, 5.41) is 45.5. The lowest BCUT2D eigenvalue weighted by atomic mass is 10.0. The number of hydrogen-bond donors (Lipinski definition) is 5. The highest BCUT2D eigenvalue weighted by Gasteiger charge is 2.30. The number of hydrogen-bond acceptors (Lipinski definition) is 8. The Morgan fingerprint density at radius 1 is 1.11 bits per heavy atom. The molecule has 0 aromatic carbocycles. The van der Waals surface area contributed by atoms with Gasteiger partial charge in [-0.15, -0.1) is 0 Å². The van der Waals surface area contributed by atoms with Crippen LogP contribution in [0.3, 0.4) is 0 Å². The van der Waals surface area contributed by atoms with E-state index in [1.807, 2.05) is 0 Å². The lowest BCUT2D eigenvalue weighted by Gasteiger charge is -2.25. The molecule has 0 amide bonds. The van der Waals surface area contributed by atoms with Gasteiger partial charge in [-0.1, -0.05) is 0 Å². The summed E-state index contributed by atoms with van der Waals surface area (Å²) in [6.07, 6.45) is -6.38. The van der Waals surface area contributed by atoms with Crippen LogP contribution in [0, 0.1) is 0 Å². The predicted octanol–water partition coefficient (Wildman–Crippen LogP) is -3.06. The van der Waals surface area contributed by atoms with Crippen molar-refractivity contribution in [3.63, 3.8) is 0 Å². The second kappa shape index (κ2) is 8.95. The van der Waals surface area contributed by atoms with E-state index in [0.717, 1.165) is 0 Å². The van der Waals surface area contributed by atoms with E-state index in [4.69, 9.17) is 10.2 Å². The van der Waals surface area contributed by atoms with Crippen molar-refractivity contribution in [2.75, 3.05) is 13.2 Å². The van der Waals surface area contributed by atoms with Crippen molar-refractivity contribution in [3.8, 4) is 0 Å². The van der Waals surface area contributed by atoms with E-state index in [2.05, 4.69) is 4.74 Å². The fraction of sp³-hybridized carbons (Fsp3) is 0.800.